The normalized spacial score (nSPS) is 11.9. The van der Waals surface area contributed by atoms with Gasteiger partial charge in [0.1, 0.15) is 0 Å². The lowest BCUT2D eigenvalue weighted by Crippen LogP contribution is -2.03. The summed E-state index contributed by atoms with van der Waals surface area (Å²) in [4.78, 5) is 10.9. The van der Waals surface area contributed by atoms with Gasteiger partial charge in [-0.25, -0.2) is 0 Å². The molecule has 0 saturated heterocycles. The molecule has 0 heterocycles. The zero-order chi connectivity index (χ0) is 17.4. The Bertz CT molecular complexity index is 415. The van der Waals surface area contributed by atoms with E-state index in [-0.39, 0.29) is 5.97 Å². The Kier molecular flexibility index (Phi) is 14.1. The summed E-state index contributed by atoms with van der Waals surface area (Å²) in [6.07, 6.45) is 16.6. The van der Waals surface area contributed by atoms with E-state index in [0.717, 1.165) is 44.8 Å². The number of allylic oxidation sites excluding steroid dienone is 2. The summed E-state index contributed by atoms with van der Waals surface area (Å²) in [6, 6.07) is 0. The summed E-state index contributed by atoms with van der Waals surface area (Å²) in [5.74, 6) is -0.138. The second kappa shape index (κ2) is 14.7. The smallest absolute Gasteiger partial charge is 0.305 e. The topological polar surface area (TPSA) is 69.7 Å². The molecule has 0 fully saturated rings. The first-order valence-electron chi connectivity index (χ1n) is 8.52. The minimum Gasteiger partial charge on any atom is -0.469 e. The number of unbranched alkanes of at least 4 members (excludes halogenated alkanes) is 8. The maximum atomic E-state index is 10.9. The zero-order valence-corrected chi connectivity index (χ0v) is 15.4. The van der Waals surface area contributed by atoms with Crippen molar-refractivity contribution in [1.82, 2.24) is 0 Å². The summed E-state index contributed by atoms with van der Waals surface area (Å²) >= 11 is 0. The number of carbonyl (C=O) groups excluding carboxylic acids is 1. The van der Waals surface area contributed by atoms with Crippen LogP contribution in [0.3, 0.4) is 0 Å². The number of ether oxygens (including phenoxy) is 1. The van der Waals surface area contributed by atoms with E-state index < -0.39 is 10.1 Å². The maximum Gasteiger partial charge on any atom is 0.305 e. The summed E-state index contributed by atoms with van der Waals surface area (Å²) in [5.41, 5.74) is 0. The van der Waals surface area contributed by atoms with Crippen LogP contribution in [0.15, 0.2) is 12.2 Å². The Morgan fingerprint density at radius 1 is 0.870 bits per heavy atom. The lowest BCUT2D eigenvalue weighted by molar-refractivity contribution is -0.140. The molecular weight excluding hydrogens is 316 g/mol. The van der Waals surface area contributed by atoms with Crippen molar-refractivity contribution < 1.29 is 22.1 Å². The Morgan fingerprint density at radius 2 is 1.39 bits per heavy atom. The Hall–Kier alpha value is -0.880. The molecule has 136 valence electrons. The fraction of sp³-hybridized carbons (Fsp3) is 0.824. The average molecular weight is 349 g/mol. The van der Waals surface area contributed by atoms with E-state index in [4.69, 9.17) is 0 Å². The van der Waals surface area contributed by atoms with Gasteiger partial charge >= 0.3 is 5.97 Å². The van der Waals surface area contributed by atoms with Crippen LogP contribution in [-0.4, -0.2) is 34.4 Å². The minimum absolute atomic E-state index is 0.138. The van der Waals surface area contributed by atoms with E-state index in [0.29, 0.717) is 13.0 Å². The predicted octanol–water partition coefficient (Wildman–Crippen LogP) is 3.98. The molecule has 0 amide bonds. The van der Waals surface area contributed by atoms with Gasteiger partial charge in [-0.2, -0.15) is 8.42 Å². The van der Waals surface area contributed by atoms with Gasteiger partial charge in [-0.1, -0.05) is 44.3 Å². The third-order valence-electron chi connectivity index (χ3n) is 3.46. The van der Waals surface area contributed by atoms with Crippen LogP contribution in [0.25, 0.3) is 0 Å². The first kappa shape index (κ1) is 22.1. The van der Waals surface area contributed by atoms with Gasteiger partial charge in [0, 0.05) is 6.42 Å². The third-order valence-corrected chi connectivity index (χ3v) is 4.05. The molecule has 0 unspecified atom stereocenters. The van der Waals surface area contributed by atoms with Crippen LogP contribution in [0.5, 0.6) is 0 Å². The van der Waals surface area contributed by atoms with E-state index in [9.17, 15) is 13.2 Å². The molecule has 0 aromatic heterocycles. The van der Waals surface area contributed by atoms with Crippen LogP contribution in [-0.2, 0) is 23.8 Å². The molecule has 0 atom stereocenters. The van der Waals surface area contributed by atoms with Crippen molar-refractivity contribution in [3.8, 4) is 0 Å². The highest BCUT2D eigenvalue weighted by molar-refractivity contribution is 7.85. The van der Waals surface area contributed by atoms with Gasteiger partial charge in [-0.3, -0.25) is 8.98 Å². The quantitative estimate of drug-likeness (QED) is 0.194. The molecule has 6 heteroatoms. The molecule has 0 saturated carbocycles. The Balaban J connectivity index is 3.20. The monoisotopic (exact) mass is 348 g/mol. The molecule has 0 aliphatic carbocycles. The van der Waals surface area contributed by atoms with Gasteiger partial charge in [0.25, 0.3) is 10.1 Å². The molecule has 0 aromatic carbocycles. The third kappa shape index (κ3) is 19.1. The highest BCUT2D eigenvalue weighted by Gasteiger charge is 2.00. The fourth-order valence-electron chi connectivity index (χ4n) is 2.16. The number of methoxy groups -OCH3 is 1. The summed E-state index contributed by atoms with van der Waals surface area (Å²) in [6.45, 7) is 0.305. The number of esters is 1. The van der Waals surface area contributed by atoms with E-state index in [1.165, 1.54) is 32.8 Å². The number of hydrogen-bond donors (Lipinski definition) is 0. The van der Waals surface area contributed by atoms with Crippen molar-refractivity contribution in [2.24, 2.45) is 0 Å². The first-order valence-corrected chi connectivity index (χ1v) is 10.3. The molecular formula is C17H32O5S. The van der Waals surface area contributed by atoms with Crippen molar-refractivity contribution in [2.75, 3.05) is 20.0 Å². The SMILES string of the molecule is COC(=O)CCC/C=C\CCCCCCCCCOS(C)(=O)=O. The standard InChI is InChI=1S/C17H32O5S/c1-21-17(18)15-13-11-9-7-5-3-4-6-8-10-12-14-16-22-23(2,19)20/h7,9H,3-6,8,10-16H2,1-2H3/b9-7-. The van der Waals surface area contributed by atoms with Crippen molar-refractivity contribution in [3.63, 3.8) is 0 Å². The molecule has 5 nitrogen and oxygen atoms in total. The van der Waals surface area contributed by atoms with Gasteiger partial charge in [0.2, 0.25) is 0 Å². The van der Waals surface area contributed by atoms with Crippen LogP contribution in [0.4, 0.5) is 0 Å². The van der Waals surface area contributed by atoms with Crippen LogP contribution in [0.1, 0.15) is 70.6 Å². The number of carbonyl (C=O) groups is 1. The van der Waals surface area contributed by atoms with Gasteiger partial charge < -0.3 is 4.74 Å². The number of rotatable bonds is 15. The van der Waals surface area contributed by atoms with Crippen molar-refractivity contribution in [3.05, 3.63) is 12.2 Å². The van der Waals surface area contributed by atoms with Gasteiger partial charge in [-0.05, 0) is 32.1 Å². The Morgan fingerprint density at radius 3 is 1.96 bits per heavy atom. The van der Waals surface area contributed by atoms with Crippen LogP contribution < -0.4 is 0 Å². The van der Waals surface area contributed by atoms with Crippen LogP contribution in [0.2, 0.25) is 0 Å². The lowest BCUT2D eigenvalue weighted by Gasteiger charge is -2.02. The molecule has 23 heavy (non-hydrogen) atoms. The van der Waals surface area contributed by atoms with Crippen molar-refractivity contribution >= 4 is 16.1 Å². The maximum absolute atomic E-state index is 10.9. The minimum atomic E-state index is -3.28. The largest absolute Gasteiger partial charge is 0.469 e. The molecule has 0 bridgehead atoms. The van der Waals surface area contributed by atoms with Crippen LogP contribution in [0, 0.1) is 0 Å². The second-order valence-electron chi connectivity index (χ2n) is 5.73. The summed E-state index contributed by atoms with van der Waals surface area (Å²) in [7, 11) is -1.86. The van der Waals surface area contributed by atoms with Gasteiger partial charge in [0.15, 0.2) is 0 Å². The van der Waals surface area contributed by atoms with E-state index in [2.05, 4.69) is 21.1 Å². The van der Waals surface area contributed by atoms with Gasteiger partial charge in [0.05, 0.1) is 20.0 Å². The van der Waals surface area contributed by atoms with Crippen molar-refractivity contribution in [1.29, 1.82) is 0 Å². The number of hydrogen-bond acceptors (Lipinski definition) is 5. The van der Waals surface area contributed by atoms with Crippen molar-refractivity contribution in [2.45, 2.75) is 70.6 Å². The summed E-state index contributed by atoms with van der Waals surface area (Å²) < 4.78 is 30.8. The van der Waals surface area contributed by atoms with E-state index in [1.54, 1.807) is 0 Å². The average Bonchev–Trinajstić information content (AvgIpc) is 2.49. The molecule has 0 aliphatic heterocycles. The second-order valence-corrected chi connectivity index (χ2v) is 7.37. The van der Waals surface area contributed by atoms with Crippen LogP contribution >= 0.6 is 0 Å². The highest BCUT2D eigenvalue weighted by Crippen LogP contribution is 2.09. The predicted molar refractivity (Wildman–Crippen MR) is 92.7 cm³/mol. The van der Waals surface area contributed by atoms with E-state index in [1.807, 2.05) is 0 Å². The molecule has 0 N–H and O–H groups in total. The molecule has 0 radical (unpaired) electrons. The van der Waals surface area contributed by atoms with Gasteiger partial charge in [-0.15, -0.1) is 0 Å². The zero-order valence-electron chi connectivity index (χ0n) is 14.6. The van der Waals surface area contributed by atoms with E-state index >= 15 is 0 Å². The molecule has 0 spiro atoms. The molecule has 0 aliphatic rings. The lowest BCUT2D eigenvalue weighted by atomic mass is 10.1. The fourth-order valence-corrected chi connectivity index (χ4v) is 2.58. The highest BCUT2D eigenvalue weighted by atomic mass is 32.2. The molecule has 0 aromatic rings. The first-order chi connectivity index (χ1) is 11.0. The summed E-state index contributed by atoms with van der Waals surface area (Å²) in [5, 5.41) is 0. The Labute approximate surface area is 141 Å². The molecule has 0 rings (SSSR count).